The number of rotatable bonds is 2. The maximum atomic E-state index is 13.9. The van der Waals surface area contributed by atoms with E-state index in [2.05, 4.69) is 19.0 Å². The Balaban J connectivity index is 2.13. The highest BCUT2D eigenvalue weighted by Gasteiger charge is 2.50. The van der Waals surface area contributed by atoms with E-state index in [4.69, 9.17) is 10.3 Å². The third-order valence-corrected chi connectivity index (χ3v) is 3.72. The molecule has 1 aromatic heterocycles. The van der Waals surface area contributed by atoms with Crippen molar-refractivity contribution in [2.45, 2.75) is 26.2 Å². The van der Waals surface area contributed by atoms with Gasteiger partial charge in [-0.1, -0.05) is 37.2 Å². The molecule has 0 radical (unpaired) electrons. The minimum absolute atomic E-state index is 0.186. The second-order valence-corrected chi connectivity index (χ2v) is 5.53. The van der Waals surface area contributed by atoms with Crippen LogP contribution in [0.3, 0.4) is 0 Å². The molecule has 1 aliphatic rings. The number of nitrogen functional groups attached to an aromatic ring is 1. The van der Waals surface area contributed by atoms with Gasteiger partial charge < -0.3 is 10.3 Å². The Hall–Kier alpha value is -1.84. The van der Waals surface area contributed by atoms with Gasteiger partial charge in [0.2, 0.25) is 0 Å². The summed E-state index contributed by atoms with van der Waals surface area (Å²) in [5.74, 6) is 0.949. The molecular formula is C14H15FN2O. The predicted molar refractivity (Wildman–Crippen MR) is 67.4 cm³/mol. The molecule has 0 aliphatic heterocycles. The molecule has 2 N–H and O–H groups in total. The molecule has 1 unspecified atom stereocenters. The van der Waals surface area contributed by atoms with Crippen molar-refractivity contribution in [1.82, 2.24) is 5.16 Å². The summed E-state index contributed by atoms with van der Waals surface area (Å²) in [6.45, 7) is 4.31. The van der Waals surface area contributed by atoms with Gasteiger partial charge in [-0.2, -0.15) is 0 Å². The first-order valence-corrected chi connectivity index (χ1v) is 6.00. The normalized spacial score (nSPS) is 20.9. The predicted octanol–water partition coefficient (Wildman–Crippen LogP) is 3.58. The first-order chi connectivity index (χ1) is 8.50. The molecule has 1 aromatic carbocycles. The molecule has 4 heteroatoms. The van der Waals surface area contributed by atoms with Crippen LogP contribution in [0.4, 0.5) is 10.2 Å². The Morgan fingerprint density at radius 3 is 2.67 bits per heavy atom. The summed E-state index contributed by atoms with van der Waals surface area (Å²) < 4.78 is 19.2. The van der Waals surface area contributed by atoms with Gasteiger partial charge in [0.1, 0.15) is 5.82 Å². The average Bonchev–Trinajstić information content (AvgIpc) is 2.78. The van der Waals surface area contributed by atoms with Gasteiger partial charge in [0.25, 0.3) is 0 Å². The van der Waals surface area contributed by atoms with Crippen LogP contribution in [0, 0.1) is 11.2 Å². The molecule has 1 aliphatic carbocycles. The van der Waals surface area contributed by atoms with Crippen molar-refractivity contribution >= 4 is 5.82 Å². The van der Waals surface area contributed by atoms with Crippen molar-refractivity contribution in [3.63, 3.8) is 0 Å². The van der Waals surface area contributed by atoms with Crippen LogP contribution in [0.25, 0.3) is 11.1 Å². The van der Waals surface area contributed by atoms with Crippen molar-refractivity contribution in [3.05, 3.63) is 35.8 Å². The lowest BCUT2D eigenvalue weighted by molar-refractivity contribution is 0.376. The summed E-state index contributed by atoms with van der Waals surface area (Å²) >= 11 is 0. The highest BCUT2D eigenvalue weighted by atomic mass is 19.1. The van der Waals surface area contributed by atoms with Crippen LogP contribution < -0.4 is 5.73 Å². The van der Waals surface area contributed by atoms with Gasteiger partial charge >= 0.3 is 0 Å². The van der Waals surface area contributed by atoms with E-state index in [9.17, 15) is 4.39 Å². The lowest BCUT2D eigenvalue weighted by Crippen LogP contribution is -1.94. The van der Waals surface area contributed by atoms with Crippen LogP contribution in [-0.4, -0.2) is 5.16 Å². The first-order valence-electron chi connectivity index (χ1n) is 6.00. The zero-order chi connectivity index (χ0) is 12.9. The number of hydrogen-bond donors (Lipinski definition) is 1. The molecular weight excluding hydrogens is 231 g/mol. The zero-order valence-corrected chi connectivity index (χ0v) is 10.4. The lowest BCUT2D eigenvalue weighted by Gasteiger charge is -2.05. The first kappa shape index (κ1) is 11.3. The minimum atomic E-state index is -0.299. The van der Waals surface area contributed by atoms with E-state index in [1.54, 1.807) is 18.2 Å². The fraction of sp³-hybridized carbons (Fsp3) is 0.357. The molecule has 94 valence electrons. The van der Waals surface area contributed by atoms with Crippen LogP contribution in [-0.2, 0) is 0 Å². The van der Waals surface area contributed by atoms with Gasteiger partial charge in [0, 0.05) is 11.5 Å². The Morgan fingerprint density at radius 1 is 1.39 bits per heavy atom. The van der Waals surface area contributed by atoms with Crippen LogP contribution >= 0.6 is 0 Å². The van der Waals surface area contributed by atoms with Gasteiger partial charge in [-0.3, -0.25) is 0 Å². The number of hydrogen-bond acceptors (Lipinski definition) is 3. The molecule has 1 heterocycles. The fourth-order valence-electron chi connectivity index (χ4n) is 2.40. The molecule has 1 atom stereocenters. The molecule has 1 saturated carbocycles. The van der Waals surface area contributed by atoms with Crippen LogP contribution in [0.1, 0.15) is 31.9 Å². The molecule has 0 saturated heterocycles. The number of anilines is 1. The quantitative estimate of drug-likeness (QED) is 0.881. The molecule has 0 spiro atoms. The summed E-state index contributed by atoms with van der Waals surface area (Å²) in [5, 5.41) is 3.80. The highest BCUT2D eigenvalue weighted by molar-refractivity contribution is 5.76. The third kappa shape index (κ3) is 1.60. The molecule has 2 aromatic rings. The zero-order valence-electron chi connectivity index (χ0n) is 10.4. The maximum absolute atomic E-state index is 13.9. The smallest absolute Gasteiger partial charge is 0.175 e. The Bertz CT molecular complexity index is 604. The van der Waals surface area contributed by atoms with Crippen molar-refractivity contribution in [1.29, 1.82) is 0 Å². The minimum Gasteiger partial charge on any atom is -0.380 e. The van der Waals surface area contributed by atoms with E-state index in [0.29, 0.717) is 16.9 Å². The van der Waals surface area contributed by atoms with Crippen LogP contribution in [0.2, 0.25) is 0 Å². The van der Waals surface area contributed by atoms with Gasteiger partial charge in [0.15, 0.2) is 11.6 Å². The second-order valence-electron chi connectivity index (χ2n) is 5.53. The summed E-state index contributed by atoms with van der Waals surface area (Å²) in [6, 6.07) is 6.57. The molecule has 1 fully saturated rings. The standard InChI is InChI=1S/C14H15FN2O/c1-14(2)7-9(14)12-11(13(16)17-18-12)8-5-3-4-6-10(8)15/h3-6,9H,7H2,1-2H3,(H2,16,17). The van der Waals surface area contributed by atoms with Gasteiger partial charge in [-0.25, -0.2) is 4.39 Å². The SMILES string of the molecule is CC1(C)CC1c1onc(N)c1-c1ccccc1F. The van der Waals surface area contributed by atoms with Gasteiger partial charge in [0.05, 0.1) is 5.56 Å². The molecule has 18 heavy (non-hydrogen) atoms. The van der Waals surface area contributed by atoms with Gasteiger partial charge in [-0.15, -0.1) is 0 Å². The molecule has 0 bridgehead atoms. The number of nitrogens with two attached hydrogens (primary N) is 1. The number of halogens is 1. The topological polar surface area (TPSA) is 52.0 Å². The van der Waals surface area contributed by atoms with Crippen molar-refractivity contribution in [3.8, 4) is 11.1 Å². The Morgan fingerprint density at radius 2 is 2.06 bits per heavy atom. The monoisotopic (exact) mass is 246 g/mol. The average molecular weight is 246 g/mol. The maximum Gasteiger partial charge on any atom is 0.175 e. The molecule has 0 amide bonds. The molecule has 3 rings (SSSR count). The summed E-state index contributed by atoms with van der Waals surface area (Å²) in [6.07, 6.45) is 1.02. The second kappa shape index (κ2) is 3.57. The van der Waals surface area contributed by atoms with Crippen LogP contribution in [0.5, 0.6) is 0 Å². The van der Waals surface area contributed by atoms with Crippen molar-refractivity contribution in [2.24, 2.45) is 5.41 Å². The van der Waals surface area contributed by atoms with E-state index in [0.717, 1.165) is 6.42 Å². The van der Waals surface area contributed by atoms with Gasteiger partial charge in [-0.05, 0) is 17.9 Å². The Kier molecular flexibility index (Phi) is 2.24. The van der Waals surface area contributed by atoms with E-state index < -0.39 is 0 Å². The van der Waals surface area contributed by atoms with E-state index >= 15 is 0 Å². The van der Waals surface area contributed by atoms with E-state index in [1.807, 2.05) is 0 Å². The molecule has 3 nitrogen and oxygen atoms in total. The fourth-order valence-corrected chi connectivity index (χ4v) is 2.40. The van der Waals surface area contributed by atoms with Crippen LogP contribution in [0.15, 0.2) is 28.8 Å². The van der Waals surface area contributed by atoms with Crippen molar-refractivity contribution < 1.29 is 8.91 Å². The van der Waals surface area contributed by atoms with Crippen molar-refractivity contribution in [2.75, 3.05) is 5.73 Å². The largest absolute Gasteiger partial charge is 0.380 e. The third-order valence-electron chi connectivity index (χ3n) is 3.72. The number of aromatic nitrogens is 1. The Labute approximate surface area is 105 Å². The summed E-state index contributed by atoms with van der Waals surface area (Å²) in [7, 11) is 0. The summed E-state index contributed by atoms with van der Waals surface area (Å²) in [4.78, 5) is 0. The van der Waals surface area contributed by atoms with E-state index in [1.165, 1.54) is 6.07 Å². The highest BCUT2D eigenvalue weighted by Crippen LogP contribution is 2.60. The lowest BCUT2D eigenvalue weighted by atomic mass is 10.00. The number of benzene rings is 1. The number of nitrogens with zero attached hydrogens (tertiary/aromatic N) is 1. The van der Waals surface area contributed by atoms with E-state index in [-0.39, 0.29) is 23.0 Å². The summed E-state index contributed by atoms with van der Waals surface area (Å²) in [5.41, 5.74) is 7.09.